The molecule has 102 valence electrons. The predicted molar refractivity (Wildman–Crippen MR) is 72.2 cm³/mol. The maximum absolute atomic E-state index is 13.1. The molecule has 0 aliphatic heterocycles. The van der Waals surface area contributed by atoms with Crippen molar-refractivity contribution in [1.29, 1.82) is 0 Å². The molecule has 0 spiro atoms. The summed E-state index contributed by atoms with van der Waals surface area (Å²) in [5.74, 6) is -2.29. The molecule has 0 unspecified atom stereocenters. The summed E-state index contributed by atoms with van der Waals surface area (Å²) in [6.07, 6.45) is 0. The minimum atomic E-state index is -1.11. The van der Waals surface area contributed by atoms with Gasteiger partial charge in [-0.25, -0.2) is 9.18 Å². The number of benzene rings is 2. The molecule has 0 atom stereocenters. The number of carboxylic acid groups (broad SMARTS) is 1. The average molecular weight is 274 g/mol. The van der Waals surface area contributed by atoms with Gasteiger partial charge in [-0.15, -0.1) is 0 Å². The molecule has 4 N–H and O–H groups in total. The minimum Gasteiger partial charge on any atom is -0.478 e. The van der Waals surface area contributed by atoms with Gasteiger partial charge in [-0.2, -0.15) is 0 Å². The summed E-state index contributed by atoms with van der Waals surface area (Å²) in [5, 5.41) is 11.3. The third-order valence-electron chi connectivity index (χ3n) is 2.63. The third-order valence-corrected chi connectivity index (χ3v) is 2.63. The summed E-state index contributed by atoms with van der Waals surface area (Å²) in [4.78, 5) is 22.8. The number of nitrogen functional groups attached to an aromatic ring is 1. The van der Waals surface area contributed by atoms with Crippen LogP contribution in [0.2, 0.25) is 0 Å². The number of halogens is 1. The van der Waals surface area contributed by atoms with Gasteiger partial charge in [0.25, 0.3) is 5.91 Å². The van der Waals surface area contributed by atoms with E-state index in [1.807, 2.05) is 0 Å². The van der Waals surface area contributed by atoms with Gasteiger partial charge >= 0.3 is 5.97 Å². The number of carboxylic acids is 1. The molecule has 0 saturated heterocycles. The highest BCUT2D eigenvalue weighted by molar-refractivity contribution is 6.08. The van der Waals surface area contributed by atoms with Gasteiger partial charge in [-0.05, 0) is 36.4 Å². The Balaban J connectivity index is 2.25. The average Bonchev–Trinajstić information content (AvgIpc) is 2.41. The van der Waals surface area contributed by atoms with Gasteiger partial charge in [0.1, 0.15) is 5.82 Å². The zero-order chi connectivity index (χ0) is 14.7. The van der Waals surface area contributed by atoms with Crippen LogP contribution in [0.3, 0.4) is 0 Å². The number of amides is 1. The normalized spacial score (nSPS) is 10.1. The summed E-state index contributed by atoms with van der Waals surface area (Å²) in [5.41, 5.74) is 6.06. The Morgan fingerprint density at radius 1 is 1.15 bits per heavy atom. The van der Waals surface area contributed by atoms with Gasteiger partial charge in [0.15, 0.2) is 0 Å². The largest absolute Gasteiger partial charge is 0.478 e. The van der Waals surface area contributed by atoms with E-state index >= 15 is 0 Å². The number of nitrogens with one attached hydrogen (secondary N) is 1. The topological polar surface area (TPSA) is 92.4 Å². The predicted octanol–water partition coefficient (Wildman–Crippen LogP) is 2.36. The zero-order valence-corrected chi connectivity index (χ0v) is 10.3. The van der Waals surface area contributed by atoms with E-state index in [4.69, 9.17) is 10.8 Å². The molecule has 0 aromatic heterocycles. The molecule has 2 rings (SSSR count). The molecule has 0 aliphatic carbocycles. The standard InChI is InChI=1S/C14H11FN2O3/c15-9-4-5-12(16)11(7-9)13(18)17-10-3-1-2-8(6-10)14(19)20/h1-7H,16H2,(H,17,18)(H,19,20). The highest BCUT2D eigenvalue weighted by atomic mass is 19.1. The Kier molecular flexibility index (Phi) is 3.65. The number of nitrogens with two attached hydrogens (primary N) is 1. The lowest BCUT2D eigenvalue weighted by Crippen LogP contribution is -2.14. The quantitative estimate of drug-likeness (QED) is 0.749. The maximum atomic E-state index is 13.1. The maximum Gasteiger partial charge on any atom is 0.335 e. The molecule has 0 bridgehead atoms. The molecule has 1 amide bonds. The molecule has 0 aliphatic rings. The fourth-order valence-electron chi connectivity index (χ4n) is 1.65. The van der Waals surface area contributed by atoms with E-state index in [1.54, 1.807) is 0 Å². The Labute approximate surface area is 113 Å². The first-order chi connectivity index (χ1) is 9.47. The van der Waals surface area contributed by atoms with Crippen LogP contribution >= 0.6 is 0 Å². The Morgan fingerprint density at radius 3 is 2.60 bits per heavy atom. The molecule has 0 saturated carbocycles. The van der Waals surface area contributed by atoms with Gasteiger partial charge in [0, 0.05) is 11.4 Å². The molecule has 5 nitrogen and oxygen atoms in total. The molecule has 6 heteroatoms. The first kappa shape index (κ1) is 13.5. The van der Waals surface area contributed by atoms with E-state index in [0.29, 0.717) is 5.69 Å². The molecule has 20 heavy (non-hydrogen) atoms. The van der Waals surface area contributed by atoms with Gasteiger partial charge in [0.2, 0.25) is 0 Å². The number of carbonyl (C=O) groups is 2. The number of hydrogen-bond acceptors (Lipinski definition) is 3. The highest BCUT2D eigenvalue weighted by Crippen LogP contribution is 2.17. The van der Waals surface area contributed by atoms with E-state index in [9.17, 15) is 14.0 Å². The minimum absolute atomic E-state index is 0.00859. The van der Waals surface area contributed by atoms with Crippen LogP contribution in [0.15, 0.2) is 42.5 Å². The summed E-state index contributed by atoms with van der Waals surface area (Å²) < 4.78 is 13.1. The molecule has 2 aromatic carbocycles. The lowest BCUT2D eigenvalue weighted by molar-refractivity contribution is 0.0696. The molecule has 0 fully saturated rings. The van der Waals surface area contributed by atoms with Crippen molar-refractivity contribution in [2.24, 2.45) is 0 Å². The van der Waals surface area contributed by atoms with E-state index in [2.05, 4.69) is 5.32 Å². The summed E-state index contributed by atoms with van der Waals surface area (Å²) >= 11 is 0. The second kappa shape index (κ2) is 5.40. The summed E-state index contributed by atoms with van der Waals surface area (Å²) in [6, 6.07) is 9.18. The Hall–Kier alpha value is -2.89. The lowest BCUT2D eigenvalue weighted by atomic mass is 10.1. The van der Waals surface area contributed by atoms with Crippen LogP contribution in [0, 0.1) is 5.82 Å². The smallest absolute Gasteiger partial charge is 0.335 e. The van der Waals surface area contributed by atoms with Crippen LogP contribution in [0.4, 0.5) is 15.8 Å². The molecule has 0 radical (unpaired) electrons. The van der Waals surface area contributed by atoms with Gasteiger partial charge < -0.3 is 16.2 Å². The lowest BCUT2D eigenvalue weighted by Gasteiger charge is -2.08. The van der Waals surface area contributed by atoms with Gasteiger partial charge in [-0.1, -0.05) is 6.07 Å². The Bertz CT molecular complexity index is 686. The van der Waals surface area contributed by atoms with Gasteiger partial charge in [-0.3, -0.25) is 4.79 Å². The number of aromatic carboxylic acids is 1. The van der Waals surface area contributed by atoms with Crippen molar-refractivity contribution in [3.8, 4) is 0 Å². The second-order valence-electron chi connectivity index (χ2n) is 4.07. The van der Waals surface area contributed by atoms with E-state index in [-0.39, 0.29) is 16.8 Å². The van der Waals surface area contributed by atoms with Crippen molar-refractivity contribution in [2.75, 3.05) is 11.1 Å². The third kappa shape index (κ3) is 2.92. The van der Waals surface area contributed by atoms with E-state index < -0.39 is 17.7 Å². The van der Waals surface area contributed by atoms with Gasteiger partial charge in [0.05, 0.1) is 11.1 Å². The van der Waals surface area contributed by atoms with E-state index in [1.165, 1.54) is 30.3 Å². The van der Waals surface area contributed by atoms with Crippen LogP contribution in [-0.4, -0.2) is 17.0 Å². The van der Waals surface area contributed by atoms with Crippen LogP contribution in [-0.2, 0) is 0 Å². The van der Waals surface area contributed by atoms with Crippen molar-refractivity contribution in [1.82, 2.24) is 0 Å². The number of hydrogen-bond donors (Lipinski definition) is 3. The SMILES string of the molecule is Nc1ccc(F)cc1C(=O)Nc1cccc(C(=O)O)c1. The monoisotopic (exact) mass is 274 g/mol. The van der Waals surface area contributed by atoms with Crippen LogP contribution < -0.4 is 11.1 Å². The number of anilines is 2. The molecule has 0 heterocycles. The first-order valence-electron chi connectivity index (χ1n) is 5.67. The van der Waals surface area contributed by atoms with Crippen LogP contribution in [0.1, 0.15) is 20.7 Å². The fourth-order valence-corrected chi connectivity index (χ4v) is 1.65. The first-order valence-corrected chi connectivity index (χ1v) is 5.67. The number of rotatable bonds is 3. The van der Waals surface area contributed by atoms with Crippen molar-refractivity contribution in [3.63, 3.8) is 0 Å². The van der Waals surface area contributed by atoms with Crippen molar-refractivity contribution in [3.05, 3.63) is 59.4 Å². The van der Waals surface area contributed by atoms with Crippen LogP contribution in [0.5, 0.6) is 0 Å². The Morgan fingerprint density at radius 2 is 1.90 bits per heavy atom. The number of carbonyl (C=O) groups excluding carboxylic acids is 1. The molecular formula is C14H11FN2O3. The molecular weight excluding hydrogens is 263 g/mol. The summed E-state index contributed by atoms with van der Waals surface area (Å²) in [7, 11) is 0. The van der Waals surface area contributed by atoms with Crippen molar-refractivity contribution >= 4 is 23.3 Å². The van der Waals surface area contributed by atoms with Crippen molar-refractivity contribution in [2.45, 2.75) is 0 Å². The van der Waals surface area contributed by atoms with Crippen molar-refractivity contribution < 1.29 is 19.1 Å². The highest BCUT2D eigenvalue weighted by Gasteiger charge is 2.12. The van der Waals surface area contributed by atoms with E-state index in [0.717, 1.165) is 12.1 Å². The fraction of sp³-hybridized carbons (Fsp3) is 0. The zero-order valence-electron chi connectivity index (χ0n) is 10.3. The second-order valence-corrected chi connectivity index (χ2v) is 4.07. The van der Waals surface area contributed by atoms with Crippen LogP contribution in [0.25, 0.3) is 0 Å². The summed E-state index contributed by atoms with van der Waals surface area (Å²) in [6.45, 7) is 0. The molecule has 2 aromatic rings.